The summed E-state index contributed by atoms with van der Waals surface area (Å²) in [7, 11) is 1.93. The van der Waals surface area contributed by atoms with Crippen LogP contribution < -0.4 is 16.5 Å². The second kappa shape index (κ2) is 12.9. The number of nitrogens with zero attached hydrogens (tertiary/aromatic N) is 7. The molecule has 1 aromatic carbocycles. The predicted molar refractivity (Wildman–Crippen MR) is 167 cm³/mol. The van der Waals surface area contributed by atoms with E-state index in [9.17, 15) is 4.79 Å². The first-order valence-corrected chi connectivity index (χ1v) is 14.4. The molecule has 0 aliphatic carbocycles. The molecule has 4 aromatic rings. The van der Waals surface area contributed by atoms with E-state index >= 15 is 0 Å². The van der Waals surface area contributed by atoms with Crippen molar-refractivity contribution in [2.24, 2.45) is 5.10 Å². The second-order valence-electron chi connectivity index (χ2n) is 11.0. The Bertz CT molecular complexity index is 1570. The van der Waals surface area contributed by atoms with Gasteiger partial charge in [-0.05, 0) is 62.9 Å². The van der Waals surface area contributed by atoms with Crippen LogP contribution in [0.5, 0.6) is 0 Å². The molecule has 1 aliphatic rings. The van der Waals surface area contributed by atoms with Gasteiger partial charge in [0.2, 0.25) is 12.4 Å². The molecule has 10 nitrogen and oxygen atoms in total. The standard InChI is InChI=1S/C32H39N9O/c1-22-10-11-28(34-20-22)36-27-12-14-40(15-13-27)17-16-39(4)38-31-29(26-18-23(2)35-24(3)19-26)30(25-8-6-5-7-9-25)37-32(33)41(31)21-42/h5-11,18-21,27H,12-17H2,1-4H3,(H2,33,37)(H,34,36)/b38-31-. The third-order valence-corrected chi connectivity index (χ3v) is 7.54. The number of likely N-dealkylation sites (tertiary alicyclic amines) is 1. The van der Waals surface area contributed by atoms with E-state index in [0.717, 1.165) is 71.9 Å². The molecule has 0 unspecified atom stereocenters. The number of hydrogen-bond donors (Lipinski definition) is 2. The Morgan fingerprint density at radius 1 is 1.02 bits per heavy atom. The van der Waals surface area contributed by atoms with Gasteiger partial charge in [-0.25, -0.2) is 14.5 Å². The van der Waals surface area contributed by atoms with Gasteiger partial charge in [-0.15, -0.1) is 0 Å². The fourth-order valence-electron chi connectivity index (χ4n) is 5.37. The summed E-state index contributed by atoms with van der Waals surface area (Å²) in [5.74, 6) is 1.02. The highest BCUT2D eigenvalue weighted by molar-refractivity contribution is 5.82. The Hall–Kier alpha value is -4.57. The summed E-state index contributed by atoms with van der Waals surface area (Å²) < 4.78 is 1.32. The van der Waals surface area contributed by atoms with E-state index in [1.165, 1.54) is 4.57 Å². The monoisotopic (exact) mass is 565 g/mol. The predicted octanol–water partition coefficient (Wildman–Crippen LogP) is 3.88. The molecule has 0 amide bonds. The number of piperidine rings is 1. The number of nitrogens with two attached hydrogens (primary N) is 1. The SMILES string of the molecule is Cc1ccc(NC2CCN(CCN(C)/N=c3/c(-c4cc(C)nc(C)c4)c(-c4ccccc4)nc(N)n3C=O)CC2)nc1. The number of rotatable bonds is 9. The molecule has 0 saturated carbocycles. The maximum atomic E-state index is 12.3. The number of aromatic nitrogens is 4. The first-order valence-electron chi connectivity index (χ1n) is 14.4. The van der Waals surface area contributed by atoms with Gasteiger partial charge in [0.05, 0.1) is 11.3 Å². The van der Waals surface area contributed by atoms with Gasteiger partial charge in [-0.2, -0.15) is 5.10 Å². The number of hydrogen-bond acceptors (Lipinski definition) is 9. The molecule has 218 valence electrons. The number of carbonyl (C=O) groups is 1. The van der Waals surface area contributed by atoms with Gasteiger partial charge in [0.25, 0.3) is 0 Å². The molecule has 10 heteroatoms. The minimum atomic E-state index is 0.0832. The lowest BCUT2D eigenvalue weighted by Crippen LogP contribution is -2.42. The molecule has 3 aromatic heterocycles. The third-order valence-electron chi connectivity index (χ3n) is 7.54. The Morgan fingerprint density at radius 3 is 2.38 bits per heavy atom. The van der Waals surface area contributed by atoms with Crippen LogP contribution in [0.2, 0.25) is 0 Å². The van der Waals surface area contributed by atoms with Crippen LogP contribution in [0.1, 0.15) is 29.8 Å². The van der Waals surface area contributed by atoms with Crippen molar-refractivity contribution < 1.29 is 4.79 Å². The molecule has 0 spiro atoms. The average molecular weight is 566 g/mol. The number of nitrogen functional groups attached to an aromatic ring is 1. The zero-order valence-electron chi connectivity index (χ0n) is 24.8. The maximum absolute atomic E-state index is 12.3. The summed E-state index contributed by atoms with van der Waals surface area (Å²) in [5.41, 5.74) is 12.8. The number of aryl methyl sites for hydroxylation is 3. The lowest BCUT2D eigenvalue weighted by atomic mass is 9.99. The van der Waals surface area contributed by atoms with Crippen molar-refractivity contribution in [3.8, 4) is 22.4 Å². The molecule has 3 N–H and O–H groups in total. The quantitative estimate of drug-likeness (QED) is 0.232. The normalized spacial score (nSPS) is 14.6. The van der Waals surface area contributed by atoms with Crippen LogP contribution in [0.25, 0.3) is 22.4 Å². The zero-order valence-corrected chi connectivity index (χ0v) is 24.8. The van der Waals surface area contributed by atoms with Crippen LogP contribution in [-0.4, -0.2) is 75.1 Å². The van der Waals surface area contributed by atoms with Crippen LogP contribution in [-0.2, 0) is 4.79 Å². The molecule has 0 atom stereocenters. The van der Waals surface area contributed by atoms with Gasteiger partial charge < -0.3 is 16.0 Å². The third kappa shape index (κ3) is 6.83. The molecule has 1 fully saturated rings. The van der Waals surface area contributed by atoms with Crippen LogP contribution in [0.15, 0.2) is 65.9 Å². The summed E-state index contributed by atoms with van der Waals surface area (Å²) in [6.45, 7) is 9.48. The van der Waals surface area contributed by atoms with Crippen molar-refractivity contribution in [2.45, 2.75) is 39.7 Å². The summed E-state index contributed by atoms with van der Waals surface area (Å²) in [5, 5.41) is 10.4. The minimum Gasteiger partial charge on any atom is -0.369 e. The lowest BCUT2D eigenvalue weighted by Gasteiger charge is -2.33. The van der Waals surface area contributed by atoms with Crippen molar-refractivity contribution in [1.29, 1.82) is 0 Å². The van der Waals surface area contributed by atoms with Crippen LogP contribution in [0.3, 0.4) is 0 Å². The largest absolute Gasteiger partial charge is 0.369 e. The minimum absolute atomic E-state index is 0.0832. The molecule has 5 rings (SSSR count). The average Bonchev–Trinajstić information content (AvgIpc) is 2.98. The Morgan fingerprint density at radius 2 is 1.74 bits per heavy atom. The second-order valence-corrected chi connectivity index (χ2v) is 11.0. The lowest BCUT2D eigenvalue weighted by molar-refractivity contribution is 0.189. The molecular weight excluding hydrogens is 526 g/mol. The summed E-state index contributed by atoms with van der Waals surface area (Å²) in [6.07, 6.45) is 4.67. The number of anilines is 2. The van der Waals surface area contributed by atoms with E-state index in [1.807, 2.05) is 87.6 Å². The molecule has 1 saturated heterocycles. The smallest absolute Gasteiger partial charge is 0.222 e. The van der Waals surface area contributed by atoms with Gasteiger partial charge in [0.15, 0.2) is 5.49 Å². The Balaban J connectivity index is 1.39. The van der Waals surface area contributed by atoms with E-state index < -0.39 is 0 Å². The van der Waals surface area contributed by atoms with Crippen LogP contribution in [0.4, 0.5) is 11.8 Å². The molecule has 1 aliphatic heterocycles. The molecule has 0 bridgehead atoms. The van der Waals surface area contributed by atoms with Crippen molar-refractivity contribution in [3.05, 3.63) is 83.2 Å². The van der Waals surface area contributed by atoms with E-state index in [-0.39, 0.29) is 5.95 Å². The Kier molecular flexibility index (Phi) is 8.92. The summed E-state index contributed by atoms with van der Waals surface area (Å²) >= 11 is 0. The molecule has 42 heavy (non-hydrogen) atoms. The van der Waals surface area contributed by atoms with Crippen molar-refractivity contribution >= 4 is 18.2 Å². The van der Waals surface area contributed by atoms with Gasteiger partial charge in [-0.1, -0.05) is 36.4 Å². The first kappa shape index (κ1) is 28.9. The fourth-order valence-corrected chi connectivity index (χ4v) is 5.37. The van der Waals surface area contributed by atoms with E-state index in [0.29, 0.717) is 30.2 Å². The van der Waals surface area contributed by atoms with Crippen molar-refractivity contribution in [1.82, 2.24) is 29.4 Å². The van der Waals surface area contributed by atoms with Crippen molar-refractivity contribution in [2.75, 3.05) is 44.3 Å². The summed E-state index contributed by atoms with van der Waals surface area (Å²) in [4.78, 5) is 28.5. The zero-order chi connectivity index (χ0) is 29.6. The Labute approximate surface area is 247 Å². The van der Waals surface area contributed by atoms with Gasteiger partial charge >= 0.3 is 0 Å². The summed E-state index contributed by atoms with van der Waals surface area (Å²) in [6, 6.07) is 18.4. The van der Waals surface area contributed by atoms with E-state index in [1.54, 1.807) is 0 Å². The molecule has 0 radical (unpaired) electrons. The fraction of sp³-hybridized carbons (Fsp3) is 0.344. The number of pyridine rings is 2. The number of nitrogens with one attached hydrogen (secondary N) is 1. The van der Waals surface area contributed by atoms with Crippen LogP contribution in [0, 0.1) is 20.8 Å². The van der Waals surface area contributed by atoms with Gasteiger partial charge in [0.1, 0.15) is 5.82 Å². The first-order chi connectivity index (χ1) is 20.3. The molecular formula is C32H39N9O. The van der Waals surface area contributed by atoms with Gasteiger partial charge in [-0.3, -0.25) is 14.8 Å². The van der Waals surface area contributed by atoms with E-state index in [4.69, 9.17) is 10.8 Å². The molecule has 4 heterocycles. The highest BCUT2D eigenvalue weighted by Gasteiger charge is 2.21. The highest BCUT2D eigenvalue weighted by atomic mass is 16.1. The number of carbonyl (C=O) groups excluding carboxylic acids is 1. The maximum Gasteiger partial charge on any atom is 0.222 e. The van der Waals surface area contributed by atoms with Crippen LogP contribution >= 0.6 is 0 Å². The number of likely N-dealkylation sites (N-methyl/N-ethyl adjacent to an activating group) is 1. The van der Waals surface area contributed by atoms with E-state index in [2.05, 4.69) is 31.2 Å². The number of benzene rings is 1. The highest BCUT2D eigenvalue weighted by Crippen LogP contribution is 2.29. The van der Waals surface area contributed by atoms with Crippen molar-refractivity contribution in [3.63, 3.8) is 0 Å². The van der Waals surface area contributed by atoms with Gasteiger partial charge in [0, 0.05) is 62.4 Å². The topological polar surface area (TPSA) is 118 Å².